The molecule has 28 heavy (non-hydrogen) atoms. The summed E-state index contributed by atoms with van der Waals surface area (Å²) in [5, 5.41) is 6.49. The van der Waals surface area contributed by atoms with Crippen LogP contribution < -0.4 is 20.3 Å². The molecule has 0 saturated heterocycles. The molecule has 0 aliphatic heterocycles. The first-order valence-electron chi connectivity index (χ1n) is 8.60. The maximum absolute atomic E-state index is 12.5. The number of halogens is 1. The molecule has 1 heterocycles. The van der Waals surface area contributed by atoms with Crippen molar-refractivity contribution < 1.29 is 9.53 Å². The van der Waals surface area contributed by atoms with E-state index in [0.29, 0.717) is 22.0 Å². The smallest absolute Gasteiger partial charge is 0.257 e. The van der Waals surface area contributed by atoms with Crippen LogP contribution in [0.4, 0.5) is 22.7 Å². The molecule has 0 atom stereocenters. The van der Waals surface area contributed by atoms with E-state index in [1.165, 1.54) is 13.3 Å². The summed E-state index contributed by atoms with van der Waals surface area (Å²) in [4.78, 5) is 18.7. The van der Waals surface area contributed by atoms with Gasteiger partial charge in [-0.1, -0.05) is 11.6 Å². The molecule has 1 aromatic heterocycles. The summed E-state index contributed by atoms with van der Waals surface area (Å²) < 4.78 is 5.12. The standard InChI is InChI=1S/C21H21ClN4O2/c1-26(2)18-7-4-15(5-8-18)24-17-10-14(12-23-13-17)21(27)25-16-6-9-20(28-3)19(22)11-16/h4-13,24H,1-3H3,(H,25,27). The summed E-state index contributed by atoms with van der Waals surface area (Å²) in [5.74, 6) is 0.271. The van der Waals surface area contributed by atoms with Gasteiger partial charge in [-0.2, -0.15) is 0 Å². The fourth-order valence-corrected chi connectivity index (χ4v) is 2.85. The Morgan fingerprint density at radius 2 is 1.71 bits per heavy atom. The molecule has 0 aliphatic rings. The minimum absolute atomic E-state index is 0.277. The van der Waals surface area contributed by atoms with Crippen LogP contribution in [0.2, 0.25) is 5.02 Å². The first kappa shape index (κ1) is 19.5. The summed E-state index contributed by atoms with van der Waals surface area (Å²) in [6.45, 7) is 0. The number of methoxy groups -OCH3 is 1. The van der Waals surface area contributed by atoms with Crippen LogP contribution in [0.3, 0.4) is 0 Å². The van der Waals surface area contributed by atoms with Crippen molar-refractivity contribution in [1.82, 2.24) is 4.98 Å². The van der Waals surface area contributed by atoms with Gasteiger partial charge in [0.1, 0.15) is 5.75 Å². The molecule has 6 nitrogen and oxygen atoms in total. The lowest BCUT2D eigenvalue weighted by Gasteiger charge is -2.13. The Balaban J connectivity index is 1.71. The summed E-state index contributed by atoms with van der Waals surface area (Å²) in [6, 6.07) is 14.8. The predicted octanol–water partition coefficient (Wildman–Crippen LogP) is 4.81. The lowest BCUT2D eigenvalue weighted by atomic mass is 10.2. The van der Waals surface area contributed by atoms with Crippen LogP contribution in [0.25, 0.3) is 0 Å². The second kappa shape index (κ2) is 8.63. The highest BCUT2D eigenvalue weighted by Crippen LogP contribution is 2.27. The number of nitrogens with one attached hydrogen (secondary N) is 2. The van der Waals surface area contributed by atoms with Crippen molar-refractivity contribution in [2.75, 3.05) is 36.7 Å². The van der Waals surface area contributed by atoms with Crippen molar-refractivity contribution in [1.29, 1.82) is 0 Å². The molecule has 144 valence electrons. The van der Waals surface area contributed by atoms with Gasteiger partial charge in [0, 0.05) is 37.4 Å². The van der Waals surface area contributed by atoms with Gasteiger partial charge in [0.25, 0.3) is 5.91 Å². The van der Waals surface area contributed by atoms with Gasteiger partial charge in [-0.05, 0) is 48.5 Å². The van der Waals surface area contributed by atoms with Gasteiger partial charge in [-0.15, -0.1) is 0 Å². The molecule has 0 aliphatic carbocycles. The highest BCUT2D eigenvalue weighted by Gasteiger charge is 2.10. The van der Waals surface area contributed by atoms with Crippen LogP contribution >= 0.6 is 11.6 Å². The van der Waals surface area contributed by atoms with E-state index in [1.807, 2.05) is 43.3 Å². The fourth-order valence-electron chi connectivity index (χ4n) is 2.59. The topological polar surface area (TPSA) is 66.5 Å². The lowest BCUT2D eigenvalue weighted by Crippen LogP contribution is -2.12. The SMILES string of the molecule is COc1ccc(NC(=O)c2cncc(Nc3ccc(N(C)C)cc3)c2)cc1Cl. The Morgan fingerprint density at radius 1 is 1.00 bits per heavy atom. The summed E-state index contributed by atoms with van der Waals surface area (Å²) in [6.07, 6.45) is 3.18. The van der Waals surface area contributed by atoms with E-state index in [9.17, 15) is 4.79 Å². The van der Waals surface area contributed by atoms with Gasteiger partial charge in [0.15, 0.2) is 0 Å². The van der Waals surface area contributed by atoms with E-state index >= 15 is 0 Å². The van der Waals surface area contributed by atoms with Gasteiger partial charge >= 0.3 is 0 Å². The number of ether oxygens (including phenoxy) is 1. The Kier molecular flexibility index (Phi) is 6.01. The third-order valence-electron chi connectivity index (χ3n) is 4.08. The molecule has 0 fully saturated rings. The number of carbonyl (C=O) groups excluding carboxylic acids is 1. The Bertz CT molecular complexity index is 974. The third kappa shape index (κ3) is 4.72. The van der Waals surface area contributed by atoms with Crippen molar-refractivity contribution in [3.63, 3.8) is 0 Å². The Hall–Kier alpha value is -3.25. The fraction of sp³-hybridized carbons (Fsp3) is 0.143. The molecule has 0 unspecified atom stereocenters. The lowest BCUT2D eigenvalue weighted by molar-refractivity contribution is 0.102. The van der Waals surface area contributed by atoms with Crippen molar-refractivity contribution >= 4 is 40.3 Å². The second-order valence-corrected chi connectivity index (χ2v) is 6.74. The Morgan fingerprint density at radius 3 is 2.36 bits per heavy atom. The minimum Gasteiger partial charge on any atom is -0.495 e. The molecule has 0 bridgehead atoms. The monoisotopic (exact) mass is 396 g/mol. The number of aromatic nitrogens is 1. The normalized spacial score (nSPS) is 10.3. The zero-order chi connectivity index (χ0) is 20.1. The number of nitrogens with zero attached hydrogens (tertiary/aromatic N) is 2. The maximum atomic E-state index is 12.5. The van der Waals surface area contributed by atoms with Gasteiger partial charge in [0.2, 0.25) is 0 Å². The van der Waals surface area contributed by atoms with Crippen molar-refractivity contribution in [2.45, 2.75) is 0 Å². The largest absolute Gasteiger partial charge is 0.495 e. The van der Waals surface area contributed by atoms with Gasteiger partial charge in [0.05, 0.1) is 29.6 Å². The number of carbonyl (C=O) groups is 1. The molecule has 7 heteroatoms. The third-order valence-corrected chi connectivity index (χ3v) is 4.38. The number of anilines is 4. The quantitative estimate of drug-likeness (QED) is 0.626. The van der Waals surface area contributed by atoms with Crippen molar-refractivity contribution in [3.8, 4) is 5.75 Å². The average Bonchev–Trinajstić information content (AvgIpc) is 2.69. The van der Waals surface area contributed by atoms with Crippen LogP contribution in [-0.2, 0) is 0 Å². The van der Waals surface area contributed by atoms with Crippen LogP contribution in [0, 0.1) is 0 Å². The molecule has 1 amide bonds. The minimum atomic E-state index is -0.277. The molecule has 0 radical (unpaired) electrons. The highest BCUT2D eigenvalue weighted by molar-refractivity contribution is 6.32. The molecule has 2 N–H and O–H groups in total. The first-order valence-corrected chi connectivity index (χ1v) is 8.98. The van der Waals surface area contributed by atoms with E-state index in [0.717, 1.165) is 17.1 Å². The number of hydrogen-bond acceptors (Lipinski definition) is 5. The van der Waals surface area contributed by atoms with Gasteiger partial charge < -0.3 is 20.3 Å². The molecule has 3 rings (SSSR count). The molecule has 0 spiro atoms. The number of rotatable bonds is 6. The molecular weight excluding hydrogens is 376 g/mol. The van der Waals surface area contributed by atoms with Crippen LogP contribution in [-0.4, -0.2) is 32.1 Å². The van der Waals surface area contributed by atoms with Crippen LogP contribution in [0.1, 0.15) is 10.4 Å². The van der Waals surface area contributed by atoms with E-state index in [-0.39, 0.29) is 5.91 Å². The zero-order valence-electron chi connectivity index (χ0n) is 15.9. The number of benzene rings is 2. The van der Waals surface area contributed by atoms with E-state index in [2.05, 4.69) is 15.6 Å². The number of pyridine rings is 1. The second-order valence-electron chi connectivity index (χ2n) is 6.33. The van der Waals surface area contributed by atoms with E-state index in [4.69, 9.17) is 16.3 Å². The van der Waals surface area contributed by atoms with Crippen LogP contribution in [0.5, 0.6) is 5.75 Å². The van der Waals surface area contributed by atoms with Crippen molar-refractivity contribution in [2.24, 2.45) is 0 Å². The Labute approximate surface area is 169 Å². The number of amides is 1. The first-order chi connectivity index (χ1) is 13.5. The molecular formula is C21H21ClN4O2. The van der Waals surface area contributed by atoms with Gasteiger partial charge in [-0.3, -0.25) is 9.78 Å². The molecule has 2 aromatic carbocycles. The maximum Gasteiger partial charge on any atom is 0.257 e. The van der Waals surface area contributed by atoms with Crippen molar-refractivity contribution in [3.05, 3.63) is 71.5 Å². The van der Waals surface area contributed by atoms with Crippen LogP contribution in [0.15, 0.2) is 60.9 Å². The summed E-state index contributed by atoms with van der Waals surface area (Å²) in [5.41, 5.74) is 3.75. The predicted molar refractivity (Wildman–Crippen MR) is 114 cm³/mol. The van der Waals surface area contributed by atoms with Gasteiger partial charge in [-0.25, -0.2) is 0 Å². The highest BCUT2D eigenvalue weighted by atomic mass is 35.5. The summed E-state index contributed by atoms with van der Waals surface area (Å²) in [7, 11) is 5.52. The molecule has 0 saturated carbocycles. The van der Waals surface area contributed by atoms with E-state index in [1.54, 1.807) is 30.5 Å². The molecule has 3 aromatic rings. The average molecular weight is 397 g/mol. The zero-order valence-corrected chi connectivity index (χ0v) is 16.6. The van der Waals surface area contributed by atoms with E-state index < -0.39 is 0 Å². The summed E-state index contributed by atoms with van der Waals surface area (Å²) >= 11 is 6.10. The number of hydrogen-bond donors (Lipinski definition) is 2.